The van der Waals surface area contributed by atoms with Gasteiger partial charge in [0.25, 0.3) is 0 Å². The third kappa shape index (κ3) is 2.86. The Balaban J connectivity index is 4.29. The van der Waals surface area contributed by atoms with E-state index >= 15 is 0 Å². The number of hydrazine groups is 1. The number of rotatable bonds is 2. The lowest BCUT2D eigenvalue weighted by Gasteiger charge is -2.27. The van der Waals surface area contributed by atoms with Crippen LogP contribution < -0.4 is 11.3 Å². The molecule has 0 amide bonds. The van der Waals surface area contributed by atoms with E-state index in [1.54, 1.807) is 0 Å². The SMILES string of the molecule is COC(=O)[C@@H](NN)C(C)(C)C. The Morgan fingerprint density at radius 1 is 1.55 bits per heavy atom. The minimum atomic E-state index is -0.451. The van der Waals surface area contributed by atoms with Gasteiger partial charge in [-0.2, -0.15) is 0 Å². The van der Waals surface area contributed by atoms with E-state index in [4.69, 9.17) is 5.84 Å². The van der Waals surface area contributed by atoms with Crippen molar-refractivity contribution in [1.82, 2.24) is 5.43 Å². The van der Waals surface area contributed by atoms with Crippen LogP contribution in [0, 0.1) is 5.41 Å². The number of carbonyl (C=O) groups excluding carboxylic acids is 1. The molecule has 1 atom stereocenters. The van der Waals surface area contributed by atoms with Crippen LogP contribution in [0.1, 0.15) is 20.8 Å². The molecule has 4 nitrogen and oxygen atoms in total. The summed E-state index contributed by atoms with van der Waals surface area (Å²) in [6, 6.07) is -0.451. The first kappa shape index (κ1) is 10.4. The van der Waals surface area contributed by atoms with Crippen molar-refractivity contribution in [3.05, 3.63) is 0 Å². The summed E-state index contributed by atoms with van der Waals surface area (Å²) in [4.78, 5) is 11.0. The molecule has 0 aliphatic carbocycles. The fraction of sp³-hybridized carbons (Fsp3) is 0.857. The predicted octanol–water partition coefficient (Wildman–Crippen LogP) is 0.0374. The van der Waals surface area contributed by atoms with Gasteiger partial charge in [-0.1, -0.05) is 20.8 Å². The lowest BCUT2D eigenvalue weighted by atomic mass is 9.87. The Labute approximate surface area is 67.1 Å². The van der Waals surface area contributed by atoms with Crippen molar-refractivity contribution in [2.75, 3.05) is 7.11 Å². The highest BCUT2D eigenvalue weighted by Crippen LogP contribution is 2.19. The Hall–Kier alpha value is -0.610. The van der Waals surface area contributed by atoms with Gasteiger partial charge in [0.1, 0.15) is 6.04 Å². The van der Waals surface area contributed by atoms with Gasteiger partial charge < -0.3 is 4.74 Å². The molecule has 0 heterocycles. The summed E-state index contributed by atoms with van der Waals surface area (Å²) in [5.41, 5.74) is 2.20. The van der Waals surface area contributed by atoms with Crippen LogP contribution in [0.3, 0.4) is 0 Å². The number of esters is 1. The van der Waals surface area contributed by atoms with Gasteiger partial charge in [-0.3, -0.25) is 10.6 Å². The van der Waals surface area contributed by atoms with Gasteiger partial charge in [0.2, 0.25) is 0 Å². The molecule has 4 heteroatoms. The Morgan fingerprint density at radius 3 is 2.09 bits per heavy atom. The van der Waals surface area contributed by atoms with E-state index in [2.05, 4.69) is 10.2 Å². The van der Waals surface area contributed by atoms with Gasteiger partial charge in [0.15, 0.2) is 0 Å². The monoisotopic (exact) mass is 160 g/mol. The molecule has 0 saturated carbocycles. The number of hydrogen-bond acceptors (Lipinski definition) is 4. The van der Waals surface area contributed by atoms with E-state index in [0.29, 0.717) is 0 Å². The Bertz CT molecular complexity index is 140. The molecule has 3 N–H and O–H groups in total. The van der Waals surface area contributed by atoms with Gasteiger partial charge in [-0.15, -0.1) is 0 Å². The topological polar surface area (TPSA) is 64.3 Å². The zero-order chi connectivity index (χ0) is 9.07. The third-order valence-corrected chi connectivity index (χ3v) is 1.47. The Kier molecular flexibility index (Phi) is 3.48. The number of nitrogens with one attached hydrogen (secondary N) is 1. The molecule has 0 bridgehead atoms. The summed E-state index contributed by atoms with van der Waals surface area (Å²) >= 11 is 0. The summed E-state index contributed by atoms with van der Waals surface area (Å²) < 4.78 is 4.55. The average molecular weight is 160 g/mol. The molecular formula is C7H16N2O2. The molecule has 0 unspecified atom stereocenters. The third-order valence-electron chi connectivity index (χ3n) is 1.47. The minimum Gasteiger partial charge on any atom is -0.468 e. The molecule has 0 aromatic heterocycles. The molecule has 66 valence electrons. The maximum Gasteiger partial charge on any atom is 0.324 e. The second kappa shape index (κ2) is 3.69. The van der Waals surface area contributed by atoms with Gasteiger partial charge >= 0.3 is 5.97 Å². The molecule has 0 fully saturated rings. The van der Waals surface area contributed by atoms with E-state index in [0.717, 1.165) is 0 Å². The van der Waals surface area contributed by atoms with Crippen LogP contribution in [0.4, 0.5) is 0 Å². The highest BCUT2D eigenvalue weighted by molar-refractivity contribution is 5.76. The smallest absolute Gasteiger partial charge is 0.324 e. The van der Waals surface area contributed by atoms with E-state index in [1.807, 2.05) is 20.8 Å². The van der Waals surface area contributed by atoms with Gasteiger partial charge in [-0.05, 0) is 5.41 Å². The van der Waals surface area contributed by atoms with Crippen molar-refractivity contribution >= 4 is 5.97 Å². The number of methoxy groups -OCH3 is 1. The van der Waals surface area contributed by atoms with Crippen molar-refractivity contribution in [3.63, 3.8) is 0 Å². The summed E-state index contributed by atoms with van der Waals surface area (Å²) in [6.07, 6.45) is 0. The van der Waals surface area contributed by atoms with E-state index in [-0.39, 0.29) is 11.4 Å². The number of carbonyl (C=O) groups is 1. The quantitative estimate of drug-likeness (QED) is 0.340. The van der Waals surface area contributed by atoms with Crippen LogP contribution in [0.25, 0.3) is 0 Å². The lowest BCUT2D eigenvalue weighted by Crippen LogP contribution is -2.50. The fourth-order valence-electron chi connectivity index (χ4n) is 0.789. The van der Waals surface area contributed by atoms with Gasteiger partial charge in [-0.25, -0.2) is 5.43 Å². The highest BCUT2D eigenvalue weighted by Gasteiger charge is 2.30. The first-order chi connectivity index (χ1) is 4.93. The van der Waals surface area contributed by atoms with Crippen LogP contribution in [0.5, 0.6) is 0 Å². The maximum absolute atomic E-state index is 11.0. The van der Waals surface area contributed by atoms with Crippen molar-refractivity contribution in [2.24, 2.45) is 11.3 Å². The van der Waals surface area contributed by atoms with Crippen molar-refractivity contribution in [1.29, 1.82) is 0 Å². The van der Waals surface area contributed by atoms with Crippen molar-refractivity contribution < 1.29 is 9.53 Å². The summed E-state index contributed by atoms with van der Waals surface area (Å²) in [6.45, 7) is 5.73. The van der Waals surface area contributed by atoms with E-state index in [9.17, 15) is 4.79 Å². The standard InChI is InChI=1S/C7H16N2O2/c1-7(2,3)5(9-8)6(10)11-4/h5,9H,8H2,1-4H3/t5-/m1/s1. The highest BCUT2D eigenvalue weighted by atomic mass is 16.5. The zero-order valence-corrected chi connectivity index (χ0v) is 7.47. The molecule has 0 radical (unpaired) electrons. The van der Waals surface area contributed by atoms with Crippen LogP contribution in [-0.4, -0.2) is 19.1 Å². The number of ether oxygens (including phenoxy) is 1. The van der Waals surface area contributed by atoms with Crippen LogP contribution in [0.2, 0.25) is 0 Å². The maximum atomic E-state index is 11.0. The largest absolute Gasteiger partial charge is 0.468 e. The fourth-order valence-corrected chi connectivity index (χ4v) is 0.789. The summed E-state index contributed by atoms with van der Waals surface area (Å²) in [5, 5.41) is 0. The second-order valence-corrected chi connectivity index (χ2v) is 3.49. The molecule has 0 aliphatic heterocycles. The summed E-state index contributed by atoms with van der Waals surface area (Å²) in [7, 11) is 1.35. The second-order valence-electron chi connectivity index (χ2n) is 3.49. The molecule has 0 aliphatic rings. The van der Waals surface area contributed by atoms with Crippen LogP contribution in [0.15, 0.2) is 0 Å². The molecule has 0 aromatic carbocycles. The number of nitrogens with two attached hydrogens (primary N) is 1. The molecule has 0 saturated heterocycles. The minimum absolute atomic E-state index is 0.220. The first-order valence-electron chi connectivity index (χ1n) is 3.47. The van der Waals surface area contributed by atoms with Crippen LogP contribution >= 0.6 is 0 Å². The van der Waals surface area contributed by atoms with Crippen LogP contribution in [-0.2, 0) is 9.53 Å². The Morgan fingerprint density at radius 2 is 2.00 bits per heavy atom. The predicted molar refractivity (Wildman–Crippen MR) is 42.6 cm³/mol. The van der Waals surface area contributed by atoms with Crippen molar-refractivity contribution in [2.45, 2.75) is 26.8 Å². The van der Waals surface area contributed by atoms with E-state index in [1.165, 1.54) is 7.11 Å². The molecule has 0 spiro atoms. The molecular weight excluding hydrogens is 144 g/mol. The molecule has 11 heavy (non-hydrogen) atoms. The van der Waals surface area contributed by atoms with Gasteiger partial charge in [0, 0.05) is 0 Å². The van der Waals surface area contributed by atoms with E-state index < -0.39 is 6.04 Å². The lowest BCUT2D eigenvalue weighted by molar-refractivity contribution is -0.146. The van der Waals surface area contributed by atoms with Crippen molar-refractivity contribution in [3.8, 4) is 0 Å². The van der Waals surface area contributed by atoms with Gasteiger partial charge in [0.05, 0.1) is 7.11 Å². The molecule has 0 rings (SSSR count). The zero-order valence-electron chi connectivity index (χ0n) is 7.47. The average Bonchev–Trinajstić information content (AvgIpc) is 1.86. The molecule has 0 aromatic rings. The summed E-state index contributed by atoms with van der Waals surface area (Å²) in [5.74, 6) is 4.85. The number of hydrogen-bond donors (Lipinski definition) is 2. The normalized spacial score (nSPS) is 14.3. The first-order valence-corrected chi connectivity index (χ1v) is 3.47.